The number of hydrogen-bond acceptors (Lipinski definition) is 4. The quantitative estimate of drug-likeness (QED) is 0.780. The Hall–Kier alpha value is -0.870. The first-order valence-corrected chi connectivity index (χ1v) is 4.77. The van der Waals surface area contributed by atoms with Crippen molar-refractivity contribution in [2.45, 2.75) is 20.0 Å². The van der Waals surface area contributed by atoms with Crippen molar-refractivity contribution >= 4 is 17.4 Å². The summed E-state index contributed by atoms with van der Waals surface area (Å²) >= 11 is 5.71. The van der Waals surface area contributed by atoms with Crippen LogP contribution >= 0.6 is 11.6 Å². The van der Waals surface area contributed by atoms with E-state index in [1.807, 2.05) is 19.9 Å². The van der Waals surface area contributed by atoms with Crippen LogP contribution in [-0.4, -0.2) is 29.7 Å². The van der Waals surface area contributed by atoms with E-state index in [2.05, 4.69) is 15.3 Å². The number of aromatic nitrogens is 2. The van der Waals surface area contributed by atoms with Crippen molar-refractivity contribution in [1.29, 1.82) is 0 Å². The van der Waals surface area contributed by atoms with Crippen molar-refractivity contribution in [3.63, 3.8) is 0 Å². The highest BCUT2D eigenvalue weighted by Gasteiger charge is 2.02. The van der Waals surface area contributed by atoms with E-state index in [9.17, 15) is 0 Å². The smallest absolute Gasteiger partial charge is 0.224 e. The molecule has 0 bridgehead atoms. The molecule has 0 fully saturated rings. The Labute approximate surface area is 88.7 Å². The van der Waals surface area contributed by atoms with Gasteiger partial charge >= 0.3 is 0 Å². The van der Waals surface area contributed by atoms with Gasteiger partial charge in [0.25, 0.3) is 0 Å². The highest BCUT2D eigenvalue weighted by molar-refractivity contribution is 6.28. The van der Waals surface area contributed by atoms with Crippen LogP contribution in [0.5, 0.6) is 0 Å². The predicted octanol–water partition coefficient (Wildman–Crippen LogP) is 1.89. The van der Waals surface area contributed by atoms with E-state index in [0.717, 1.165) is 11.5 Å². The van der Waals surface area contributed by atoms with Crippen LogP contribution in [0.25, 0.3) is 0 Å². The van der Waals surface area contributed by atoms with Gasteiger partial charge in [0, 0.05) is 25.4 Å². The van der Waals surface area contributed by atoms with E-state index in [1.54, 1.807) is 7.11 Å². The molecule has 0 aliphatic rings. The van der Waals surface area contributed by atoms with E-state index in [4.69, 9.17) is 16.3 Å². The largest absolute Gasteiger partial charge is 0.380 e. The van der Waals surface area contributed by atoms with Gasteiger partial charge in [0.1, 0.15) is 5.82 Å². The van der Waals surface area contributed by atoms with Crippen LogP contribution in [0.3, 0.4) is 0 Å². The molecule has 1 N–H and O–H groups in total. The van der Waals surface area contributed by atoms with Crippen LogP contribution < -0.4 is 5.32 Å². The SMILES string of the molecule is COC(C)CNc1cc(C)nc(Cl)n1. The van der Waals surface area contributed by atoms with Gasteiger partial charge < -0.3 is 10.1 Å². The fourth-order valence-corrected chi connectivity index (χ4v) is 1.18. The molecule has 1 atom stereocenters. The molecule has 0 spiro atoms. The average Bonchev–Trinajstić information content (AvgIpc) is 2.12. The van der Waals surface area contributed by atoms with E-state index in [-0.39, 0.29) is 11.4 Å². The lowest BCUT2D eigenvalue weighted by molar-refractivity contribution is 0.128. The van der Waals surface area contributed by atoms with Crippen molar-refractivity contribution in [2.75, 3.05) is 19.0 Å². The molecule has 0 amide bonds. The van der Waals surface area contributed by atoms with E-state index in [0.29, 0.717) is 6.54 Å². The maximum atomic E-state index is 5.71. The number of rotatable bonds is 4. The maximum Gasteiger partial charge on any atom is 0.224 e. The summed E-state index contributed by atoms with van der Waals surface area (Å²) in [6.45, 7) is 4.55. The molecular formula is C9H14ClN3O. The molecule has 1 unspecified atom stereocenters. The topological polar surface area (TPSA) is 47.0 Å². The van der Waals surface area contributed by atoms with Gasteiger partial charge in [0.15, 0.2) is 0 Å². The van der Waals surface area contributed by atoms with Gasteiger partial charge in [-0.05, 0) is 25.4 Å². The lowest BCUT2D eigenvalue weighted by Gasteiger charge is -2.11. The fraction of sp³-hybridized carbons (Fsp3) is 0.556. The first-order valence-electron chi connectivity index (χ1n) is 4.39. The Bertz CT molecular complexity index is 286. The first kappa shape index (κ1) is 11.2. The number of nitrogens with zero attached hydrogens (tertiary/aromatic N) is 2. The molecule has 0 aliphatic carbocycles. The molecule has 14 heavy (non-hydrogen) atoms. The van der Waals surface area contributed by atoms with Crippen molar-refractivity contribution in [2.24, 2.45) is 0 Å². The summed E-state index contributed by atoms with van der Waals surface area (Å²) in [7, 11) is 1.67. The summed E-state index contributed by atoms with van der Waals surface area (Å²) in [6, 6.07) is 1.84. The lowest BCUT2D eigenvalue weighted by Crippen LogP contribution is -2.18. The molecular weight excluding hydrogens is 202 g/mol. The minimum Gasteiger partial charge on any atom is -0.380 e. The standard InChI is InChI=1S/C9H14ClN3O/c1-6-4-8(13-9(10)12-6)11-5-7(2)14-3/h4,7H,5H2,1-3H3,(H,11,12,13). The Morgan fingerprint density at radius 1 is 1.57 bits per heavy atom. The summed E-state index contributed by atoms with van der Waals surface area (Å²) in [5.41, 5.74) is 0.845. The normalized spacial score (nSPS) is 12.6. The van der Waals surface area contributed by atoms with Crippen molar-refractivity contribution in [3.8, 4) is 0 Å². The van der Waals surface area contributed by atoms with Crippen molar-refractivity contribution < 1.29 is 4.74 Å². The second-order valence-corrected chi connectivity index (χ2v) is 3.43. The lowest BCUT2D eigenvalue weighted by atomic mass is 10.4. The van der Waals surface area contributed by atoms with Crippen LogP contribution in [0.1, 0.15) is 12.6 Å². The number of anilines is 1. The monoisotopic (exact) mass is 215 g/mol. The van der Waals surface area contributed by atoms with Gasteiger partial charge in [0.05, 0.1) is 6.10 Å². The van der Waals surface area contributed by atoms with Crippen LogP contribution in [-0.2, 0) is 4.74 Å². The minimum absolute atomic E-state index is 0.143. The first-order chi connectivity index (χ1) is 6.61. The Morgan fingerprint density at radius 2 is 2.29 bits per heavy atom. The number of methoxy groups -OCH3 is 1. The molecule has 0 aromatic carbocycles. The predicted molar refractivity (Wildman–Crippen MR) is 56.7 cm³/mol. The summed E-state index contributed by atoms with van der Waals surface area (Å²) in [5, 5.41) is 3.38. The van der Waals surface area contributed by atoms with Gasteiger partial charge in [0.2, 0.25) is 5.28 Å². The van der Waals surface area contributed by atoms with Crippen LogP contribution in [0.15, 0.2) is 6.07 Å². The van der Waals surface area contributed by atoms with E-state index >= 15 is 0 Å². The average molecular weight is 216 g/mol. The Morgan fingerprint density at radius 3 is 2.86 bits per heavy atom. The molecule has 0 aliphatic heterocycles. The summed E-state index contributed by atoms with van der Waals surface area (Å²) < 4.78 is 5.09. The number of halogens is 1. The second kappa shape index (κ2) is 5.12. The Kier molecular flexibility index (Phi) is 4.10. The highest BCUT2D eigenvalue weighted by atomic mass is 35.5. The molecule has 5 heteroatoms. The van der Waals surface area contributed by atoms with Crippen molar-refractivity contribution in [3.05, 3.63) is 17.0 Å². The Balaban J connectivity index is 2.58. The van der Waals surface area contributed by atoms with E-state index < -0.39 is 0 Å². The van der Waals surface area contributed by atoms with Gasteiger partial charge in [-0.25, -0.2) is 9.97 Å². The number of aryl methyl sites for hydroxylation is 1. The maximum absolute atomic E-state index is 5.71. The van der Waals surface area contributed by atoms with Gasteiger partial charge in [-0.1, -0.05) is 0 Å². The summed E-state index contributed by atoms with van der Waals surface area (Å²) in [6.07, 6.45) is 0.143. The van der Waals surface area contributed by atoms with Gasteiger partial charge in [-0.3, -0.25) is 0 Å². The van der Waals surface area contributed by atoms with Crippen LogP contribution in [0.2, 0.25) is 5.28 Å². The molecule has 4 nitrogen and oxygen atoms in total. The highest BCUT2D eigenvalue weighted by Crippen LogP contribution is 2.09. The number of ether oxygens (including phenoxy) is 1. The molecule has 1 aromatic heterocycles. The zero-order valence-corrected chi connectivity index (χ0v) is 9.30. The second-order valence-electron chi connectivity index (χ2n) is 3.09. The summed E-state index contributed by atoms with van der Waals surface area (Å²) in [5.74, 6) is 0.728. The molecule has 0 saturated heterocycles. The zero-order chi connectivity index (χ0) is 10.6. The third kappa shape index (κ3) is 3.47. The molecule has 0 radical (unpaired) electrons. The van der Waals surface area contributed by atoms with Crippen LogP contribution in [0, 0.1) is 6.92 Å². The van der Waals surface area contributed by atoms with E-state index in [1.165, 1.54) is 0 Å². The van der Waals surface area contributed by atoms with Crippen molar-refractivity contribution in [1.82, 2.24) is 9.97 Å². The molecule has 1 rings (SSSR count). The third-order valence-electron chi connectivity index (χ3n) is 1.80. The molecule has 0 saturated carbocycles. The zero-order valence-electron chi connectivity index (χ0n) is 8.54. The van der Waals surface area contributed by atoms with Gasteiger partial charge in [-0.2, -0.15) is 0 Å². The fourth-order valence-electron chi connectivity index (χ4n) is 0.955. The molecule has 1 aromatic rings. The minimum atomic E-state index is 0.143. The van der Waals surface area contributed by atoms with Crippen LogP contribution in [0.4, 0.5) is 5.82 Å². The number of hydrogen-bond donors (Lipinski definition) is 1. The summed E-state index contributed by atoms with van der Waals surface area (Å²) in [4.78, 5) is 7.99. The van der Waals surface area contributed by atoms with Gasteiger partial charge in [-0.15, -0.1) is 0 Å². The molecule has 1 heterocycles. The third-order valence-corrected chi connectivity index (χ3v) is 1.97. The number of nitrogens with one attached hydrogen (secondary N) is 1. The molecule has 78 valence electrons.